The summed E-state index contributed by atoms with van der Waals surface area (Å²) in [5.41, 5.74) is 4.10. The molecule has 0 fully saturated rings. The number of ketones is 1. The molecule has 1 atom stereocenters. The van der Waals surface area contributed by atoms with E-state index >= 15 is 0 Å². The molecule has 2 aromatic carbocycles. The van der Waals surface area contributed by atoms with E-state index < -0.39 is 6.10 Å². The van der Waals surface area contributed by atoms with Gasteiger partial charge in [-0.3, -0.25) is 4.79 Å². The van der Waals surface area contributed by atoms with Gasteiger partial charge >= 0.3 is 0 Å². The molecule has 4 rings (SSSR count). The van der Waals surface area contributed by atoms with E-state index in [1.165, 1.54) is 11.1 Å². The number of aromatic nitrogens is 2. The quantitative estimate of drug-likeness (QED) is 0.454. The zero-order valence-electron chi connectivity index (χ0n) is 18.7. The second-order valence-corrected chi connectivity index (χ2v) is 8.51. The highest BCUT2D eigenvalue weighted by atomic mass is 16.5. The number of Topliss-reactive ketones (excluding diaryl/α,β-unsaturated/α-hetero) is 1. The molecule has 1 aliphatic rings. The third-order valence-electron chi connectivity index (χ3n) is 6.10. The van der Waals surface area contributed by atoms with Crippen LogP contribution in [0.15, 0.2) is 46.9 Å². The van der Waals surface area contributed by atoms with Crippen molar-refractivity contribution in [2.75, 3.05) is 6.61 Å². The Morgan fingerprint density at radius 3 is 2.56 bits per heavy atom. The van der Waals surface area contributed by atoms with Gasteiger partial charge in [-0.1, -0.05) is 24.3 Å². The maximum Gasteiger partial charge on any atom is 0.247 e. The van der Waals surface area contributed by atoms with E-state index in [1.807, 2.05) is 6.92 Å². The first-order valence-electron chi connectivity index (χ1n) is 11.4. The smallest absolute Gasteiger partial charge is 0.247 e. The van der Waals surface area contributed by atoms with E-state index in [2.05, 4.69) is 34.5 Å². The van der Waals surface area contributed by atoms with E-state index in [9.17, 15) is 9.90 Å². The number of aliphatic hydroxyl groups is 1. The van der Waals surface area contributed by atoms with Crippen molar-refractivity contribution in [3.63, 3.8) is 0 Å². The number of aliphatic hydroxyl groups excluding tert-OH is 1. The van der Waals surface area contributed by atoms with Crippen molar-refractivity contribution in [2.45, 2.75) is 58.5 Å². The topological polar surface area (TPSA) is 85.5 Å². The van der Waals surface area contributed by atoms with Crippen LogP contribution in [-0.2, 0) is 12.8 Å². The van der Waals surface area contributed by atoms with Gasteiger partial charge in [0.05, 0.1) is 18.3 Å². The van der Waals surface area contributed by atoms with Gasteiger partial charge in [0, 0.05) is 18.9 Å². The molecule has 0 aliphatic heterocycles. The molecule has 3 aromatic rings. The van der Waals surface area contributed by atoms with Gasteiger partial charge in [-0.25, -0.2) is 0 Å². The molecule has 6 heteroatoms. The molecule has 0 saturated heterocycles. The fraction of sp³-hybridized carbons (Fsp3) is 0.423. The number of hydrogen-bond acceptors (Lipinski definition) is 6. The highest BCUT2D eigenvalue weighted by molar-refractivity contribution is 5.99. The molecule has 1 aromatic heterocycles. The van der Waals surface area contributed by atoms with Gasteiger partial charge in [0.2, 0.25) is 11.8 Å². The summed E-state index contributed by atoms with van der Waals surface area (Å²) in [4.78, 5) is 12.9. The number of benzene rings is 2. The molecule has 0 bridgehead atoms. The van der Waals surface area contributed by atoms with Crippen LogP contribution < -0.4 is 4.74 Å². The Bertz CT molecular complexity index is 1050. The summed E-state index contributed by atoms with van der Waals surface area (Å²) in [6, 6.07) is 13.9. The minimum Gasteiger partial charge on any atom is -0.493 e. The summed E-state index contributed by atoms with van der Waals surface area (Å²) in [5, 5.41) is 18.4. The van der Waals surface area contributed by atoms with Crippen LogP contribution in [0.25, 0.3) is 11.5 Å². The number of carbonyl (C=O) groups excluding carboxylic acids is 1. The molecule has 0 unspecified atom stereocenters. The maximum atomic E-state index is 12.9. The standard InChI is InChI=1S/C26H30N2O4/c1-3-31-25-16-21(26-28-27-17(2)32-26)9-12-23(25)24(30)13-11-22(29)10-8-18-14-19-6-4-5-7-20(19)15-18/h4-7,9,12,16,18,22,29H,3,8,10-11,13-15H2,1-2H3/t22-/m0/s1. The molecular formula is C26H30N2O4. The predicted octanol–water partition coefficient (Wildman–Crippen LogP) is 4.96. The summed E-state index contributed by atoms with van der Waals surface area (Å²) in [6.45, 7) is 4.05. The lowest BCUT2D eigenvalue weighted by molar-refractivity contribution is 0.0923. The second kappa shape index (κ2) is 10.1. The summed E-state index contributed by atoms with van der Waals surface area (Å²) >= 11 is 0. The average molecular weight is 435 g/mol. The number of ether oxygens (including phenoxy) is 1. The molecule has 1 aliphatic carbocycles. The zero-order chi connectivity index (χ0) is 22.5. The SMILES string of the molecule is CCOc1cc(-c2nnc(C)o2)ccc1C(=O)CC[C@@H](O)CCC1Cc2ccccc2C1. The van der Waals surface area contributed by atoms with Crippen molar-refractivity contribution >= 4 is 5.78 Å². The van der Waals surface area contributed by atoms with Crippen LogP contribution in [0.2, 0.25) is 0 Å². The van der Waals surface area contributed by atoms with Crippen molar-refractivity contribution in [1.29, 1.82) is 0 Å². The minimum absolute atomic E-state index is 0.0333. The summed E-state index contributed by atoms with van der Waals surface area (Å²) in [6.07, 6.45) is 4.14. The Labute approximate surface area is 188 Å². The van der Waals surface area contributed by atoms with E-state index in [4.69, 9.17) is 9.15 Å². The normalized spacial score (nSPS) is 14.3. The third-order valence-corrected chi connectivity index (χ3v) is 6.10. The Hall–Kier alpha value is -2.99. The van der Waals surface area contributed by atoms with Crippen LogP contribution in [0, 0.1) is 12.8 Å². The fourth-order valence-electron chi connectivity index (χ4n) is 4.43. The van der Waals surface area contributed by atoms with E-state index in [-0.39, 0.29) is 12.2 Å². The summed E-state index contributed by atoms with van der Waals surface area (Å²) < 4.78 is 11.2. The second-order valence-electron chi connectivity index (χ2n) is 8.51. The van der Waals surface area contributed by atoms with Crippen molar-refractivity contribution < 1.29 is 19.1 Å². The summed E-state index contributed by atoms with van der Waals surface area (Å²) in [7, 11) is 0. The molecule has 168 valence electrons. The number of rotatable bonds is 10. The van der Waals surface area contributed by atoms with Gasteiger partial charge in [0.25, 0.3) is 0 Å². The van der Waals surface area contributed by atoms with Gasteiger partial charge in [-0.05, 0) is 74.3 Å². The van der Waals surface area contributed by atoms with Gasteiger partial charge < -0.3 is 14.3 Å². The number of nitrogens with zero attached hydrogens (tertiary/aromatic N) is 2. The number of aryl methyl sites for hydroxylation is 1. The van der Waals surface area contributed by atoms with Gasteiger partial charge in [-0.2, -0.15) is 0 Å². The highest BCUT2D eigenvalue weighted by Crippen LogP contribution is 2.31. The molecule has 6 nitrogen and oxygen atoms in total. The molecule has 1 heterocycles. The van der Waals surface area contributed by atoms with Gasteiger partial charge in [0.1, 0.15) is 5.75 Å². The van der Waals surface area contributed by atoms with Gasteiger partial charge in [0.15, 0.2) is 5.78 Å². The molecular weight excluding hydrogens is 404 g/mol. The molecule has 0 spiro atoms. The first-order valence-corrected chi connectivity index (χ1v) is 11.4. The van der Waals surface area contributed by atoms with Crippen LogP contribution >= 0.6 is 0 Å². The van der Waals surface area contributed by atoms with Crippen LogP contribution in [0.3, 0.4) is 0 Å². The molecule has 32 heavy (non-hydrogen) atoms. The Morgan fingerprint density at radius 2 is 1.91 bits per heavy atom. The van der Waals surface area contributed by atoms with Crippen LogP contribution in [0.4, 0.5) is 0 Å². The van der Waals surface area contributed by atoms with Crippen LogP contribution in [-0.4, -0.2) is 33.8 Å². The van der Waals surface area contributed by atoms with E-state index in [0.717, 1.165) is 25.7 Å². The molecule has 0 amide bonds. The number of hydrogen-bond donors (Lipinski definition) is 1. The lowest BCUT2D eigenvalue weighted by atomic mass is 9.95. The highest BCUT2D eigenvalue weighted by Gasteiger charge is 2.22. The maximum absolute atomic E-state index is 12.9. The average Bonchev–Trinajstić information content (AvgIpc) is 3.42. The van der Waals surface area contributed by atoms with Crippen LogP contribution in [0.5, 0.6) is 5.75 Å². The van der Waals surface area contributed by atoms with Crippen LogP contribution in [0.1, 0.15) is 60.0 Å². The molecule has 1 N–H and O–H groups in total. The van der Waals surface area contributed by atoms with Crippen molar-refractivity contribution in [3.8, 4) is 17.2 Å². The Kier molecular flexibility index (Phi) is 7.00. The Morgan fingerprint density at radius 1 is 1.16 bits per heavy atom. The van der Waals surface area contributed by atoms with E-state index in [0.29, 0.717) is 47.6 Å². The zero-order valence-corrected chi connectivity index (χ0v) is 18.7. The molecule has 0 saturated carbocycles. The van der Waals surface area contributed by atoms with Crippen molar-refractivity contribution in [2.24, 2.45) is 5.92 Å². The molecule has 0 radical (unpaired) electrons. The Balaban J connectivity index is 1.31. The monoisotopic (exact) mass is 434 g/mol. The predicted molar refractivity (Wildman–Crippen MR) is 122 cm³/mol. The summed E-state index contributed by atoms with van der Waals surface area (Å²) in [5.74, 6) is 1.93. The van der Waals surface area contributed by atoms with E-state index in [1.54, 1.807) is 25.1 Å². The number of fused-ring (bicyclic) bond motifs is 1. The largest absolute Gasteiger partial charge is 0.493 e. The first kappa shape index (κ1) is 22.2. The third kappa shape index (κ3) is 5.25. The minimum atomic E-state index is -0.473. The fourth-order valence-corrected chi connectivity index (χ4v) is 4.43. The van der Waals surface area contributed by atoms with Crippen molar-refractivity contribution in [3.05, 3.63) is 65.0 Å². The lowest BCUT2D eigenvalue weighted by Gasteiger charge is -2.14. The number of carbonyl (C=O) groups is 1. The first-order chi connectivity index (χ1) is 15.5. The van der Waals surface area contributed by atoms with Crippen molar-refractivity contribution in [1.82, 2.24) is 10.2 Å². The lowest BCUT2D eigenvalue weighted by Crippen LogP contribution is -2.13. The van der Waals surface area contributed by atoms with Gasteiger partial charge in [-0.15, -0.1) is 10.2 Å².